The summed E-state index contributed by atoms with van der Waals surface area (Å²) in [5, 5.41) is 15.9. The number of nitrogens with one attached hydrogen (secondary N) is 2. The fraction of sp³-hybridized carbons (Fsp3) is 0.353. The highest BCUT2D eigenvalue weighted by Crippen LogP contribution is 2.26. The van der Waals surface area contributed by atoms with Gasteiger partial charge in [-0.05, 0) is 91.7 Å². The summed E-state index contributed by atoms with van der Waals surface area (Å²) in [6.07, 6.45) is 6.36. The van der Waals surface area contributed by atoms with Gasteiger partial charge in [0.25, 0.3) is 0 Å². The highest BCUT2D eigenvalue weighted by molar-refractivity contribution is 6.03. The molecular weight excluding hydrogens is 512 g/mol. The number of aliphatic hydroxyl groups is 1. The van der Waals surface area contributed by atoms with Crippen LogP contribution in [0.1, 0.15) is 68.1 Å². The lowest BCUT2D eigenvalue weighted by molar-refractivity contribution is -0.117. The molecule has 0 spiro atoms. The number of nitrogens with zero attached hydrogens (tertiary/aromatic N) is 1. The molecule has 7 heteroatoms. The Labute approximate surface area is 243 Å². The average molecular weight is 555 g/mol. The number of hydrogen-bond donors (Lipinski definition) is 4. The van der Waals surface area contributed by atoms with Crippen molar-refractivity contribution in [3.05, 3.63) is 95.6 Å². The first-order valence-electron chi connectivity index (χ1n) is 14.5. The van der Waals surface area contributed by atoms with E-state index in [1.807, 2.05) is 48.5 Å². The molecule has 41 heavy (non-hydrogen) atoms. The van der Waals surface area contributed by atoms with E-state index in [0.29, 0.717) is 30.3 Å². The van der Waals surface area contributed by atoms with Gasteiger partial charge in [0.1, 0.15) is 0 Å². The van der Waals surface area contributed by atoms with Crippen LogP contribution in [0.25, 0.3) is 6.08 Å². The molecule has 1 aliphatic heterocycles. The number of para-hydroxylation sites is 2. The summed E-state index contributed by atoms with van der Waals surface area (Å²) in [6, 6.07) is 22.9. The van der Waals surface area contributed by atoms with Crippen molar-refractivity contribution < 1.29 is 14.7 Å². The molecule has 1 aliphatic rings. The van der Waals surface area contributed by atoms with Crippen molar-refractivity contribution in [2.24, 2.45) is 0 Å². The normalized spacial score (nSPS) is 16.5. The minimum Gasteiger partial charge on any atom is -0.397 e. The molecule has 3 aromatic carbocycles. The fourth-order valence-corrected chi connectivity index (χ4v) is 5.18. The molecule has 216 valence electrons. The summed E-state index contributed by atoms with van der Waals surface area (Å²) < 4.78 is 0. The van der Waals surface area contributed by atoms with Crippen LogP contribution in [0.2, 0.25) is 0 Å². The molecule has 7 nitrogen and oxygen atoms in total. The monoisotopic (exact) mass is 554 g/mol. The van der Waals surface area contributed by atoms with Crippen LogP contribution in [0.3, 0.4) is 0 Å². The predicted molar refractivity (Wildman–Crippen MR) is 168 cm³/mol. The molecule has 2 atom stereocenters. The number of amides is 2. The molecule has 2 amide bonds. The fourth-order valence-electron chi connectivity index (χ4n) is 5.18. The first-order chi connectivity index (χ1) is 19.8. The van der Waals surface area contributed by atoms with Crippen molar-refractivity contribution in [1.82, 2.24) is 4.90 Å². The molecule has 2 unspecified atom stereocenters. The largest absolute Gasteiger partial charge is 0.397 e. The molecule has 5 N–H and O–H groups in total. The van der Waals surface area contributed by atoms with E-state index in [1.165, 1.54) is 11.6 Å². The number of rotatable bonds is 11. The van der Waals surface area contributed by atoms with Crippen LogP contribution in [0, 0.1) is 0 Å². The maximum Gasteiger partial charge on any atom is 0.248 e. The second-order valence-corrected chi connectivity index (χ2v) is 11.1. The van der Waals surface area contributed by atoms with E-state index in [0.717, 1.165) is 49.2 Å². The molecule has 0 saturated carbocycles. The molecule has 3 aromatic rings. The van der Waals surface area contributed by atoms with Gasteiger partial charge in [0, 0.05) is 18.3 Å². The zero-order chi connectivity index (χ0) is 29.2. The van der Waals surface area contributed by atoms with E-state index >= 15 is 0 Å². The topological polar surface area (TPSA) is 108 Å². The molecule has 0 radical (unpaired) electrons. The van der Waals surface area contributed by atoms with Gasteiger partial charge in [-0.1, -0.05) is 62.4 Å². The van der Waals surface area contributed by atoms with Crippen molar-refractivity contribution in [1.29, 1.82) is 0 Å². The summed E-state index contributed by atoms with van der Waals surface area (Å²) >= 11 is 0. The lowest BCUT2D eigenvalue weighted by Crippen LogP contribution is -2.38. The van der Waals surface area contributed by atoms with Gasteiger partial charge in [0.2, 0.25) is 11.8 Å². The van der Waals surface area contributed by atoms with Crippen LogP contribution in [-0.2, 0) is 9.59 Å². The molecule has 1 saturated heterocycles. The van der Waals surface area contributed by atoms with Gasteiger partial charge in [0.05, 0.1) is 23.4 Å². The number of β-amino-alcohol motifs (C(OH)–C–C–N with tert-alkyl or cyclic N) is 1. The molecule has 1 fully saturated rings. The number of carbonyl (C=O) groups excluding carboxylic acids is 2. The van der Waals surface area contributed by atoms with Crippen LogP contribution in [0.5, 0.6) is 0 Å². The number of anilines is 3. The van der Waals surface area contributed by atoms with E-state index in [2.05, 4.69) is 41.5 Å². The molecule has 1 heterocycles. The van der Waals surface area contributed by atoms with Gasteiger partial charge in [-0.25, -0.2) is 0 Å². The second-order valence-electron chi connectivity index (χ2n) is 11.1. The van der Waals surface area contributed by atoms with Crippen LogP contribution >= 0.6 is 0 Å². The SMILES string of the molecule is CC(C)c1ccc(NC(=O)C(CCCN2CCCC(O)C2)c2ccc(C=CC(=O)Nc3ccccc3N)cc2)cc1. The van der Waals surface area contributed by atoms with E-state index in [1.54, 1.807) is 18.2 Å². The standard InChI is InChI=1S/C34H42N4O3/c1-24(2)26-16-18-28(19-17-26)36-34(41)30(8-6-22-38-21-5-7-29(39)23-38)27-14-11-25(12-15-27)13-20-33(40)37-32-10-4-3-9-31(32)35/h3-4,9-20,24,29-30,39H,5-8,21-23,35H2,1-2H3,(H,36,41)(H,37,40). The smallest absolute Gasteiger partial charge is 0.248 e. The van der Waals surface area contributed by atoms with E-state index in [9.17, 15) is 14.7 Å². The Balaban J connectivity index is 1.42. The van der Waals surface area contributed by atoms with E-state index < -0.39 is 0 Å². The Kier molecular flexibility index (Phi) is 10.7. The Hall–Kier alpha value is -3.94. The molecular formula is C34H42N4O3. The predicted octanol–water partition coefficient (Wildman–Crippen LogP) is 6.00. The summed E-state index contributed by atoms with van der Waals surface area (Å²) in [4.78, 5) is 28.2. The number of benzene rings is 3. The molecule has 0 aliphatic carbocycles. The number of nitrogens with two attached hydrogens (primary N) is 1. The third-order valence-electron chi connectivity index (χ3n) is 7.59. The maximum atomic E-state index is 13.5. The summed E-state index contributed by atoms with van der Waals surface area (Å²) in [5.74, 6) is -0.201. The van der Waals surface area contributed by atoms with Crippen LogP contribution in [-0.4, -0.2) is 47.6 Å². The highest BCUT2D eigenvalue weighted by Gasteiger charge is 2.23. The third kappa shape index (κ3) is 9.03. The minimum absolute atomic E-state index is 0.0379. The Bertz CT molecular complexity index is 1320. The number of likely N-dealkylation sites (tertiary alicyclic amines) is 1. The maximum absolute atomic E-state index is 13.5. The lowest BCUT2D eigenvalue weighted by atomic mass is 9.92. The number of aliphatic hydroxyl groups excluding tert-OH is 1. The number of carbonyl (C=O) groups is 2. The van der Waals surface area contributed by atoms with Crippen LogP contribution in [0.15, 0.2) is 78.9 Å². The van der Waals surface area contributed by atoms with Gasteiger partial charge >= 0.3 is 0 Å². The highest BCUT2D eigenvalue weighted by atomic mass is 16.3. The Morgan fingerprint density at radius 3 is 2.39 bits per heavy atom. The number of nitrogen functional groups attached to an aromatic ring is 1. The Morgan fingerprint density at radius 1 is 1.00 bits per heavy atom. The molecule has 0 bridgehead atoms. The van der Waals surface area contributed by atoms with Crippen LogP contribution < -0.4 is 16.4 Å². The average Bonchev–Trinajstić information content (AvgIpc) is 2.96. The zero-order valence-corrected chi connectivity index (χ0v) is 24.1. The van der Waals surface area contributed by atoms with Crippen molar-refractivity contribution >= 4 is 35.0 Å². The van der Waals surface area contributed by atoms with Gasteiger partial charge in [-0.2, -0.15) is 0 Å². The van der Waals surface area contributed by atoms with Gasteiger partial charge < -0.3 is 26.4 Å². The molecule has 0 aromatic heterocycles. The van der Waals surface area contributed by atoms with Gasteiger partial charge in [0.15, 0.2) is 0 Å². The lowest BCUT2D eigenvalue weighted by Gasteiger charge is -2.30. The third-order valence-corrected chi connectivity index (χ3v) is 7.59. The van der Waals surface area contributed by atoms with Crippen molar-refractivity contribution in [3.8, 4) is 0 Å². The first-order valence-corrected chi connectivity index (χ1v) is 14.5. The number of hydrogen-bond acceptors (Lipinski definition) is 5. The summed E-state index contributed by atoms with van der Waals surface area (Å²) in [6.45, 7) is 6.84. The van der Waals surface area contributed by atoms with Crippen LogP contribution in [0.4, 0.5) is 17.1 Å². The van der Waals surface area contributed by atoms with Gasteiger partial charge in [-0.3, -0.25) is 9.59 Å². The zero-order valence-electron chi connectivity index (χ0n) is 24.1. The van der Waals surface area contributed by atoms with Crippen molar-refractivity contribution in [3.63, 3.8) is 0 Å². The van der Waals surface area contributed by atoms with E-state index in [-0.39, 0.29) is 23.8 Å². The van der Waals surface area contributed by atoms with Gasteiger partial charge in [-0.15, -0.1) is 0 Å². The first kappa shape index (κ1) is 30.0. The Morgan fingerprint density at radius 2 is 1.71 bits per heavy atom. The van der Waals surface area contributed by atoms with Crippen molar-refractivity contribution in [2.45, 2.75) is 57.5 Å². The van der Waals surface area contributed by atoms with E-state index in [4.69, 9.17) is 5.73 Å². The second kappa shape index (κ2) is 14.6. The summed E-state index contributed by atoms with van der Waals surface area (Å²) in [5.41, 5.74) is 10.8. The minimum atomic E-state index is -0.322. The molecule has 4 rings (SSSR count). The number of piperidine rings is 1. The quantitative estimate of drug-likeness (QED) is 0.172. The summed E-state index contributed by atoms with van der Waals surface area (Å²) in [7, 11) is 0. The van der Waals surface area contributed by atoms with Crippen molar-refractivity contribution in [2.75, 3.05) is 36.0 Å².